The summed E-state index contributed by atoms with van der Waals surface area (Å²) in [6.45, 7) is 9.28. The van der Waals surface area contributed by atoms with Crippen LogP contribution >= 0.6 is 0 Å². The van der Waals surface area contributed by atoms with Crippen molar-refractivity contribution in [2.24, 2.45) is 0 Å². The zero-order chi connectivity index (χ0) is 14.0. The Morgan fingerprint density at radius 2 is 2.17 bits per heavy atom. The summed E-state index contributed by atoms with van der Waals surface area (Å²) in [7, 11) is 0. The molecular weight excluding hydrogens is 246 g/mol. The SMILES string of the molecule is C=CC(=O)OC([C@H]1COC(C)(C)O1)C(F)(F)C=C. The first kappa shape index (κ1) is 14.8. The molecule has 1 aliphatic rings. The summed E-state index contributed by atoms with van der Waals surface area (Å²) in [6.07, 6.45) is -1.62. The number of carbonyl (C=O) groups excluding carboxylic acids is 1. The van der Waals surface area contributed by atoms with Crippen LogP contribution in [0.4, 0.5) is 8.78 Å². The molecule has 0 spiro atoms. The van der Waals surface area contributed by atoms with Gasteiger partial charge < -0.3 is 14.2 Å². The smallest absolute Gasteiger partial charge is 0.330 e. The molecule has 0 saturated carbocycles. The normalized spacial score (nSPS) is 24.3. The molecule has 0 bridgehead atoms. The van der Waals surface area contributed by atoms with E-state index in [1.165, 1.54) is 0 Å². The van der Waals surface area contributed by atoms with Crippen molar-refractivity contribution >= 4 is 5.97 Å². The van der Waals surface area contributed by atoms with Crippen LogP contribution in [0.15, 0.2) is 25.3 Å². The van der Waals surface area contributed by atoms with E-state index < -0.39 is 29.9 Å². The van der Waals surface area contributed by atoms with Gasteiger partial charge >= 0.3 is 11.9 Å². The highest BCUT2D eigenvalue weighted by atomic mass is 19.3. The number of halogens is 2. The molecule has 1 rings (SSSR count). The van der Waals surface area contributed by atoms with E-state index in [4.69, 9.17) is 9.47 Å². The molecule has 0 aromatic heterocycles. The van der Waals surface area contributed by atoms with Gasteiger partial charge in [0.1, 0.15) is 6.10 Å². The molecule has 1 unspecified atom stereocenters. The third-order valence-corrected chi connectivity index (χ3v) is 2.43. The highest BCUT2D eigenvalue weighted by Crippen LogP contribution is 2.33. The van der Waals surface area contributed by atoms with Gasteiger partial charge in [0.25, 0.3) is 0 Å². The molecule has 0 N–H and O–H groups in total. The minimum Gasteiger partial charge on any atom is -0.450 e. The maximum absolute atomic E-state index is 13.7. The molecule has 0 radical (unpaired) electrons. The minimum atomic E-state index is -3.41. The van der Waals surface area contributed by atoms with E-state index in [0.29, 0.717) is 6.08 Å². The number of ether oxygens (including phenoxy) is 3. The zero-order valence-corrected chi connectivity index (χ0v) is 10.3. The first-order valence-corrected chi connectivity index (χ1v) is 5.38. The second-order valence-corrected chi connectivity index (χ2v) is 4.31. The molecule has 1 fully saturated rings. The van der Waals surface area contributed by atoms with Gasteiger partial charge in [0, 0.05) is 6.08 Å². The molecule has 18 heavy (non-hydrogen) atoms. The molecule has 0 amide bonds. The molecule has 4 nitrogen and oxygen atoms in total. The summed E-state index contributed by atoms with van der Waals surface area (Å²) >= 11 is 0. The molecule has 2 atom stereocenters. The summed E-state index contributed by atoms with van der Waals surface area (Å²) in [4.78, 5) is 11.1. The lowest BCUT2D eigenvalue weighted by Crippen LogP contribution is -2.46. The molecule has 1 heterocycles. The minimum absolute atomic E-state index is 0.0917. The van der Waals surface area contributed by atoms with Crippen molar-refractivity contribution in [2.75, 3.05) is 6.61 Å². The van der Waals surface area contributed by atoms with Gasteiger partial charge in [0.15, 0.2) is 11.9 Å². The average Bonchev–Trinajstić information content (AvgIpc) is 2.65. The van der Waals surface area contributed by atoms with Crippen LogP contribution in [0, 0.1) is 0 Å². The van der Waals surface area contributed by atoms with Gasteiger partial charge in [-0.25, -0.2) is 4.79 Å². The zero-order valence-electron chi connectivity index (χ0n) is 10.3. The first-order valence-electron chi connectivity index (χ1n) is 5.38. The lowest BCUT2D eigenvalue weighted by atomic mass is 10.1. The van der Waals surface area contributed by atoms with E-state index in [1.807, 2.05) is 0 Å². The number of esters is 1. The largest absolute Gasteiger partial charge is 0.450 e. The Morgan fingerprint density at radius 3 is 2.56 bits per heavy atom. The predicted octanol–water partition coefficient (Wildman–Crippen LogP) is 2.06. The molecule has 0 aliphatic carbocycles. The van der Waals surface area contributed by atoms with E-state index >= 15 is 0 Å². The van der Waals surface area contributed by atoms with E-state index in [0.717, 1.165) is 6.08 Å². The highest BCUT2D eigenvalue weighted by molar-refractivity contribution is 5.81. The van der Waals surface area contributed by atoms with Gasteiger partial charge in [-0.05, 0) is 19.9 Å². The summed E-state index contributed by atoms with van der Waals surface area (Å²) in [5, 5.41) is 0. The van der Waals surface area contributed by atoms with Crippen molar-refractivity contribution in [3.63, 3.8) is 0 Å². The van der Waals surface area contributed by atoms with Crippen LogP contribution in [-0.2, 0) is 19.0 Å². The van der Waals surface area contributed by atoms with Gasteiger partial charge in [-0.1, -0.05) is 13.2 Å². The van der Waals surface area contributed by atoms with Crippen LogP contribution in [0.1, 0.15) is 13.8 Å². The summed E-state index contributed by atoms with van der Waals surface area (Å²) in [5.74, 6) is -5.34. The summed E-state index contributed by atoms with van der Waals surface area (Å²) in [5.41, 5.74) is 0. The highest BCUT2D eigenvalue weighted by Gasteiger charge is 2.50. The maximum atomic E-state index is 13.7. The molecule has 1 saturated heterocycles. The van der Waals surface area contributed by atoms with E-state index in [2.05, 4.69) is 17.9 Å². The summed E-state index contributed by atoms with van der Waals surface area (Å²) in [6, 6.07) is 0. The van der Waals surface area contributed by atoms with Crippen molar-refractivity contribution in [1.82, 2.24) is 0 Å². The van der Waals surface area contributed by atoms with Gasteiger partial charge in [-0.15, -0.1) is 0 Å². The molecular formula is C12H16F2O4. The quantitative estimate of drug-likeness (QED) is 0.432. The van der Waals surface area contributed by atoms with Crippen LogP contribution in [-0.4, -0.2) is 36.5 Å². The number of alkyl halides is 2. The molecule has 6 heteroatoms. The van der Waals surface area contributed by atoms with Crippen LogP contribution in [0.25, 0.3) is 0 Å². The second kappa shape index (κ2) is 5.16. The molecule has 1 aliphatic heterocycles. The molecule has 0 aromatic rings. The van der Waals surface area contributed by atoms with E-state index in [1.54, 1.807) is 13.8 Å². The average molecular weight is 262 g/mol. The topological polar surface area (TPSA) is 44.8 Å². The lowest BCUT2D eigenvalue weighted by molar-refractivity contribution is -0.194. The lowest BCUT2D eigenvalue weighted by Gasteiger charge is -2.28. The Bertz CT molecular complexity index is 352. The van der Waals surface area contributed by atoms with Crippen molar-refractivity contribution in [3.8, 4) is 0 Å². The third-order valence-electron chi connectivity index (χ3n) is 2.43. The van der Waals surface area contributed by atoms with Crippen molar-refractivity contribution in [3.05, 3.63) is 25.3 Å². The van der Waals surface area contributed by atoms with Crippen LogP contribution in [0.3, 0.4) is 0 Å². The van der Waals surface area contributed by atoms with Gasteiger partial charge in [-0.2, -0.15) is 8.78 Å². The fourth-order valence-electron chi connectivity index (χ4n) is 1.56. The Balaban J connectivity index is 2.88. The second-order valence-electron chi connectivity index (χ2n) is 4.31. The van der Waals surface area contributed by atoms with Crippen LogP contribution in [0.2, 0.25) is 0 Å². The molecule has 0 aromatic carbocycles. The fraction of sp³-hybridized carbons (Fsp3) is 0.583. The Hall–Kier alpha value is -1.27. The van der Waals surface area contributed by atoms with Crippen LogP contribution < -0.4 is 0 Å². The van der Waals surface area contributed by atoms with E-state index in [-0.39, 0.29) is 6.61 Å². The number of rotatable bonds is 5. The van der Waals surface area contributed by atoms with Gasteiger partial charge in [-0.3, -0.25) is 0 Å². The van der Waals surface area contributed by atoms with Crippen LogP contribution in [0.5, 0.6) is 0 Å². The first-order chi connectivity index (χ1) is 8.22. The standard InChI is InChI=1S/C12H16F2O4/c1-5-9(15)17-10(12(13,14)6-2)8-7-16-11(3,4)18-8/h5-6,8,10H,1-2,7H2,3-4H3/t8-,10?/m1/s1. The number of hydrogen-bond acceptors (Lipinski definition) is 4. The van der Waals surface area contributed by atoms with Crippen molar-refractivity contribution in [1.29, 1.82) is 0 Å². The molecule has 102 valence electrons. The third kappa shape index (κ3) is 3.36. The Kier molecular flexibility index (Phi) is 4.24. The number of hydrogen-bond donors (Lipinski definition) is 0. The number of carbonyl (C=O) groups is 1. The maximum Gasteiger partial charge on any atom is 0.330 e. The van der Waals surface area contributed by atoms with Crippen molar-refractivity contribution < 1.29 is 27.8 Å². The predicted molar refractivity (Wildman–Crippen MR) is 60.1 cm³/mol. The summed E-state index contributed by atoms with van der Waals surface area (Å²) < 4.78 is 42.4. The van der Waals surface area contributed by atoms with Gasteiger partial charge in [0.2, 0.25) is 0 Å². The fourth-order valence-corrected chi connectivity index (χ4v) is 1.56. The Morgan fingerprint density at radius 1 is 1.56 bits per heavy atom. The van der Waals surface area contributed by atoms with Gasteiger partial charge in [0.05, 0.1) is 6.61 Å². The van der Waals surface area contributed by atoms with Crippen molar-refractivity contribution in [2.45, 2.75) is 37.8 Å². The Labute approximate surface area is 104 Å². The monoisotopic (exact) mass is 262 g/mol. The van der Waals surface area contributed by atoms with E-state index in [9.17, 15) is 13.6 Å².